The Morgan fingerprint density at radius 2 is 2.04 bits per heavy atom. The predicted octanol–water partition coefficient (Wildman–Crippen LogP) is 2.01. The van der Waals surface area contributed by atoms with Gasteiger partial charge in [-0.1, -0.05) is 6.08 Å². The van der Waals surface area contributed by atoms with Gasteiger partial charge < -0.3 is 14.8 Å². The Bertz CT molecular complexity index is 484. The van der Waals surface area contributed by atoms with Crippen LogP contribution in [0.15, 0.2) is 12.7 Å². The van der Waals surface area contributed by atoms with Crippen LogP contribution in [0.4, 0.5) is 4.79 Å². The van der Waals surface area contributed by atoms with E-state index < -0.39 is 29.7 Å². The average Bonchev–Trinajstić information content (AvgIpc) is 2.94. The molecule has 1 aliphatic rings. The van der Waals surface area contributed by atoms with Crippen LogP contribution in [0.3, 0.4) is 0 Å². The second kappa shape index (κ2) is 8.70. The lowest BCUT2D eigenvalue weighted by Gasteiger charge is -2.28. The molecule has 1 heterocycles. The highest BCUT2D eigenvalue weighted by Crippen LogP contribution is 2.21. The van der Waals surface area contributed by atoms with E-state index in [1.807, 2.05) is 0 Å². The summed E-state index contributed by atoms with van der Waals surface area (Å²) < 4.78 is 10.3. The predicted molar refractivity (Wildman–Crippen MR) is 89.3 cm³/mol. The second-order valence-electron chi connectivity index (χ2n) is 6.67. The van der Waals surface area contributed by atoms with Crippen molar-refractivity contribution in [1.29, 1.82) is 0 Å². The molecule has 0 aromatic carbocycles. The summed E-state index contributed by atoms with van der Waals surface area (Å²) >= 11 is 0. The fraction of sp³-hybridized carbons (Fsp3) is 0.706. The number of hydrogen-bond donors (Lipinski definition) is 1. The lowest BCUT2D eigenvalue weighted by Crippen LogP contribution is -2.51. The zero-order valence-corrected chi connectivity index (χ0v) is 15.0. The van der Waals surface area contributed by atoms with Crippen molar-refractivity contribution in [3.05, 3.63) is 12.7 Å². The largest absolute Gasteiger partial charge is 0.464 e. The van der Waals surface area contributed by atoms with Crippen molar-refractivity contribution < 1.29 is 23.9 Å². The summed E-state index contributed by atoms with van der Waals surface area (Å²) in [5.41, 5.74) is -0.628. The summed E-state index contributed by atoms with van der Waals surface area (Å²) in [6, 6.07) is -1.43. The molecule has 1 rings (SSSR count). The summed E-state index contributed by atoms with van der Waals surface area (Å²) in [6.45, 7) is 11.3. The molecule has 0 radical (unpaired) electrons. The Morgan fingerprint density at radius 3 is 2.58 bits per heavy atom. The van der Waals surface area contributed by atoms with Crippen LogP contribution in [0, 0.1) is 0 Å². The van der Waals surface area contributed by atoms with Gasteiger partial charge in [0.05, 0.1) is 6.61 Å². The standard InChI is InChI=1S/C17H28N2O5/c1-6-9-12(15(21)23-7-2)18-14(20)13-10-8-11-19(13)16(22)24-17(3,4)5/h6,12-13H,1,7-11H2,2-5H3,(H,18,20)/t12-,13+/m1/s1. The van der Waals surface area contributed by atoms with Crippen LogP contribution >= 0.6 is 0 Å². The molecule has 0 bridgehead atoms. The highest BCUT2D eigenvalue weighted by atomic mass is 16.6. The molecule has 1 saturated heterocycles. The summed E-state index contributed by atoms with van der Waals surface area (Å²) in [7, 11) is 0. The molecule has 1 N–H and O–H groups in total. The molecular weight excluding hydrogens is 312 g/mol. The maximum absolute atomic E-state index is 12.5. The van der Waals surface area contributed by atoms with Gasteiger partial charge in [0.1, 0.15) is 17.7 Å². The first kappa shape index (κ1) is 20.0. The number of nitrogens with one attached hydrogen (secondary N) is 1. The Balaban J connectivity index is 2.75. The van der Waals surface area contributed by atoms with Crippen molar-refractivity contribution in [1.82, 2.24) is 10.2 Å². The minimum Gasteiger partial charge on any atom is -0.464 e. The third-order valence-corrected chi connectivity index (χ3v) is 3.47. The Hall–Kier alpha value is -2.05. The van der Waals surface area contributed by atoms with Gasteiger partial charge in [-0.05, 0) is 47.0 Å². The zero-order chi connectivity index (χ0) is 18.3. The van der Waals surface area contributed by atoms with Gasteiger partial charge >= 0.3 is 12.1 Å². The molecule has 1 aliphatic heterocycles. The van der Waals surface area contributed by atoms with E-state index in [-0.39, 0.29) is 18.9 Å². The van der Waals surface area contributed by atoms with Gasteiger partial charge in [0, 0.05) is 6.54 Å². The van der Waals surface area contributed by atoms with E-state index in [1.165, 1.54) is 4.90 Å². The molecule has 0 saturated carbocycles. The van der Waals surface area contributed by atoms with Crippen molar-refractivity contribution >= 4 is 18.0 Å². The second-order valence-corrected chi connectivity index (χ2v) is 6.67. The summed E-state index contributed by atoms with van der Waals surface area (Å²) in [5, 5.41) is 2.66. The van der Waals surface area contributed by atoms with Gasteiger partial charge in [-0.3, -0.25) is 9.69 Å². The molecule has 2 atom stereocenters. The quantitative estimate of drug-likeness (QED) is 0.590. The SMILES string of the molecule is C=CC[C@@H](NC(=O)[C@@H]1CCCN1C(=O)OC(C)(C)C)C(=O)OCC. The van der Waals surface area contributed by atoms with E-state index in [0.717, 1.165) is 0 Å². The maximum atomic E-state index is 12.5. The van der Waals surface area contributed by atoms with Crippen LogP contribution in [0.25, 0.3) is 0 Å². The molecule has 0 spiro atoms. The van der Waals surface area contributed by atoms with Crippen LogP contribution in [0.2, 0.25) is 0 Å². The van der Waals surface area contributed by atoms with Gasteiger partial charge in [-0.15, -0.1) is 6.58 Å². The molecular formula is C17H28N2O5. The molecule has 2 amide bonds. The minimum atomic E-state index is -0.795. The molecule has 0 aromatic heterocycles. The molecule has 136 valence electrons. The van der Waals surface area contributed by atoms with Crippen molar-refractivity contribution in [2.45, 2.75) is 64.6 Å². The maximum Gasteiger partial charge on any atom is 0.410 e. The number of likely N-dealkylation sites (tertiary alicyclic amines) is 1. The molecule has 24 heavy (non-hydrogen) atoms. The zero-order valence-electron chi connectivity index (χ0n) is 15.0. The van der Waals surface area contributed by atoms with Gasteiger partial charge in [0.25, 0.3) is 0 Å². The van der Waals surface area contributed by atoms with Crippen molar-refractivity contribution in [2.75, 3.05) is 13.2 Å². The van der Waals surface area contributed by atoms with Gasteiger partial charge in [-0.25, -0.2) is 9.59 Å². The Kier molecular flexibility index (Phi) is 7.25. The Morgan fingerprint density at radius 1 is 1.38 bits per heavy atom. The normalized spacial score (nSPS) is 18.7. The third-order valence-electron chi connectivity index (χ3n) is 3.47. The van der Waals surface area contributed by atoms with E-state index in [4.69, 9.17) is 9.47 Å². The first-order valence-electron chi connectivity index (χ1n) is 8.27. The van der Waals surface area contributed by atoms with Crippen LogP contribution in [0.5, 0.6) is 0 Å². The first-order valence-corrected chi connectivity index (χ1v) is 8.27. The van der Waals surface area contributed by atoms with E-state index in [1.54, 1.807) is 33.8 Å². The van der Waals surface area contributed by atoms with Crippen LogP contribution in [0.1, 0.15) is 47.0 Å². The van der Waals surface area contributed by atoms with Gasteiger partial charge in [0.15, 0.2) is 0 Å². The molecule has 7 heteroatoms. The first-order chi connectivity index (χ1) is 11.2. The molecule has 0 aliphatic carbocycles. The van der Waals surface area contributed by atoms with Crippen LogP contribution in [-0.4, -0.2) is 53.7 Å². The van der Waals surface area contributed by atoms with Gasteiger partial charge in [0.2, 0.25) is 5.91 Å². The topological polar surface area (TPSA) is 84.9 Å². The van der Waals surface area contributed by atoms with E-state index >= 15 is 0 Å². The number of carbonyl (C=O) groups excluding carboxylic acids is 3. The number of carbonyl (C=O) groups is 3. The summed E-state index contributed by atoms with van der Waals surface area (Å²) in [6.07, 6.45) is 2.54. The lowest BCUT2D eigenvalue weighted by atomic mass is 10.1. The average molecular weight is 340 g/mol. The minimum absolute atomic E-state index is 0.232. The monoisotopic (exact) mass is 340 g/mol. The fourth-order valence-electron chi connectivity index (χ4n) is 2.47. The van der Waals surface area contributed by atoms with E-state index in [0.29, 0.717) is 19.4 Å². The molecule has 7 nitrogen and oxygen atoms in total. The van der Waals surface area contributed by atoms with Crippen LogP contribution in [-0.2, 0) is 19.1 Å². The van der Waals surface area contributed by atoms with E-state index in [9.17, 15) is 14.4 Å². The summed E-state index contributed by atoms with van der Waals surface area (Å²) in [5.74, 6) is -0.883. The number of rotatable bonds is 6. The molecule has 1 fully saturated rings. The number of esters is 1. The highest BCUT2D eigenvalue weighted by Gasteiger charge is 2.37. The number of hydrogen-bond acceptors (Lipinski definition) is 5. The third kappa shape index (κ3) is 5.86. The number of nitrogens with zero attached hydrogens (tertiary/aromatic N) is 1. The lowest BCUT2D eigenvalue weighted by molar-refractivity contribution is -0.147. The summed E-state index contributed by atoms with van der Waals surface area (Å²) in [4.78, 5) is 38.1. The molecule has 0 unspecified atom stereocenters. The van der Waals surface area contributed by atoms with Crippen molar-refractivity contribution in [3.63, 3.8) is 0 Å². The number of ether oxygens (including phenoxy) is 2. The van der Waals surface area contributed by atoms with E-state index in [2.05, 4.69) is 11.9 Å². The van der Waals surface area contributed by atoms with Crippen molar-refractivity contribution in [2.24, 2.45) is 0 Å². The molecule has 0 aromatic rings. The fourth-order valence-corrected chi connectivity index (χ4v) is 2.47. The van der Waals surface area contributed by atoms with Gasteiger partial charge in [-0.2, -0.15) is 0 Å². The highest BCUT2D eigenvalue weighted by molar-refractivity contribution is 5.90. The van der Waals surface area contributed by atoms with Crippen molar-refractivity contribution in [3.8, 4) is 0 Å². The number of amides is 2. The smallest absolute Gasteiger partial charge is 0.410 e. The van der Waals surface area contributed by atoms with Crippen LogP contribution < -0.4 is 5.32 Å². The Labute approximate surface area is 143 Å².